The summed E-state index contributed by atoms with van der Waals surface area (Å²) in [6, 6.07) is 17.5. The van der Waals surface area contributed by atoms with Gasteiger partial charge in [-0.3, -0.25) is 9.59 Å². The zero-order valence-corrected chi connectivity index (χ0v) is 15.5. The van der Waals surface area contributed by atoms with E-state index in [2.05, 4.69) is 5.32 Å². The first-order valence-corrected chi connectivity index (χ1v) is 9.80. The minimum atomic E-state index is -2.00. The molecule has 1 fully saturated rings. The molecule has 1 saturated heterocycles. The number of rotatable bonds is 5. The third-order valence-electron chi connectivity index (χ3n) is 4.95. The van der Waals surface area contributed by atoms with Gasteiger partial charge in [0.2, 0.25) is 5.60 Å². The van der Waals surface area contributed by atoms with Crippen molar-refractivity contribution in [1.82, 2.24) is 5.32 Å². The van der Waals surface area contributed by atoms with Gasteiger partial charge >= 0.3 is 0 Å². The molecule has 2 N–H and O–H groups in total. The van der Waals surface area contributed by atoms with Crippen LogP contribution in [0.2, 0.25) is 0 Å². The summed E-state index contributed by atoms with van der Waals surface area (Å²) in [6.07, 6.45) is 0.769. The molecule has 4 rings (SSSR count). The van der Waals surface area contributed by atoms with Gasteiger partial charge in [-0.05, 0) is 40.8 Å². The summed E-state index contributed by atoms with van der Waals surface area (Å²) in [4.78, 5) is 27.9. The molecule has 5 nitrogen and oxygen atoms in total. The van der Waals surface area contributed by atoms with Crippen molar-refractivity contribution in [3.05, 3.63) is 64.9 Å². The van der Waals surface area contributed by atoms with Crippen molar-refractivity contribution in [3.8, 4) is 0 Å². The Kier molecular flexibility index (Phi) is 4.68. The van der Waals surface area contributed by atoms with E-state index in [1.54, 1.807) is 11.3 Å². The summed E-state index contributed by atoms with van der Waals surface area (Å²) in [7, 11) is 0. The third-order valence-corrected chi connectivity index (χ3v) is 5.89. The number of amides is 2. The largest absolute Gasteiger partial charge is 0.372 e. The highest BCUT2D eigenvalue weighted by Gasteiger charge is 2.51. The summed E-state index contributed by atoms with van der Waals surface area (Å²) in [5.41, 5.74) is -1.30. The lowest BCUT2D eigenvalue weighted by Crippen LogP contribution is -2.52. The Hall–Kier alpha value is -2.70. The summed E-state index contributed by atoms with van der Waals surface area (Å²) in [5.74, 6) is -1.18. The Morgan fingerprint density at radius 3 is 2.74 bits per heavy atom. The lowest BCUT2D eigenvalue weighted by molar-refractivity contribution is -0.149. The van der Waals surface area contributed by atoms with Crippen LogP contribution in [0.25, 0.3) is 10.8 Å². The second-order valence-electron chi connectivity index (χ2n) is 6.68. The quantitative estimate of drug-likeness (QED) is 0.669. The van der Waals surface area contributed by atoms with E-state index in [9.17, 15) is 14.7 Å². The van der Waals surface area contributed by atoms with Crippen molar-refractivity contribution < 1.29 is 14.7 Å². The molecular formula is C21H20N2O3S. The first-order chi connectivity index (χ1) is 13.1. The van der Waals surface area contributed by atoms with Crippen molar-refractivity contribution >= 4 is 39.6 Å². The van der Waals surface area contributed by atoms with Gasteiger partial charge in [0.15, 0.2) is 0 Å². The molecule has 2 amide bonds. The second kappa shape index (κ2) is 7.13. The standard InChI is InChI=1S/C21H20N2O3S/c24-19(22-11-9-18-6-3-13-27-18)21(26)10-12-23(20(21)25)17-8-7-15-4-1-2-5-16(15)14-17/h1-8,13-14,26H,9-12H2,(H,22,24)/t21-/m0/s1. The second-order valence-corrected chi connectivity index (χ2v) is 7.72. The smallest absolute Gasteiger partial charge is 0.268 e. The van der Waals surface area contributed by atoms with Crippen LogP contribution >= 0.6 is 11.3 Å². The van der Waals surface area contributed by atoms with Gasteiger partial charge in [-0.15, -0.1) is 11.3 Å². The van der Waals surface area contributed by atoms with Crippen molar-refractivity contribution in [2.75, 3.05) is 18.0 Å². The molecule has 0 spiro atoms. The molecule has 2 heterocycles. The molecule has 0 saturated carbocycles. The number of hydrogen-bond donors (Lipinski definition) is 2. The normalized spacial score (nSPS) is 19.6. The van der Waals surface area contributed by atoms with Gasteiger partial charge in [0.1, 0.15) is 0 Å². The summed E-state index contributed by atoms with van der Waals surface area (Å²) < 4.78 is 0. The molecule has 1 aliphatic rings. The van der Waals surface area contributed by atoms with Crippen molar-refractivity contribution in [2.45, 2.75) is 18.4 Å². The van der Waals surface area contributed by atoms with E-state index in [0.29, 0.717) is 25.2 Å². The number of nitrogens with one attached hydrogen (secondary N) is 1. The molecule has 138 valence electrons. The fourth-order valence-corrected chi connectivity index (χ4v) is 4.12. The predicted molar refractivity (Wildman–Crippen MR) is 107 cm³/mol. The minimum Gasteiger partial charge on any atom is -0.372 e. The van der Waals surface area contributed by atoms with Crippen LogP contribution < -0.4 is 10.2 Å². The summed E-state index contributed by atoms with van der Waals surface area (Å²) in [5, 5.41) is 17.5. The maximum absolute atomic E-state index is 12.8. The van der Waals surface area contributed by atoms with Crippen LogP contribution in [0, 0.1) is 0 Å². The van der Waals surface area contributed by atoms with Crippen molar-refractivity contribution in [3.63, 3.8) is 0 Å². The molecule has 3 aromatic rings. The topological polar surface area (TPSA) is 69.6 Å². The Balaban J connectivity index is 1.46. The molecule has 1 aromatic heterocycles. The lowest BCUT2D eigenvalue weighted by atomic mass is 10.0. The molecule has 1 atom stereocenters. The van der Waals surface area contributed by atoms with E-state index < -0.39 is 17.4 Å². The zero-order valence-electron chi connectivity index (χ0n) is 14.7. The van der Waals surface area contributed by atoms with E-state index in [4.69, 9.17) is 0 Å². The Morgan fingerprint density at radius 1 is 1.15 bits per heavy atom. The molecule has 0 bridgehead atoms. The maximum atomic E-state index is 12.8. The van der Waals surface area contributed by atoms with Gasteiger partial charge in [0, 0.05) is 30.1 Å². The molecule has 6 heteroatoms. The first-order valence-electron chi connectivity index (χ1n) is 8.92. The van der Waals surface area contributed by atoms with E-state index in [1.807, 2.05) is 60.0 Å². The summed E-state index contributed by atoms with van der Waals surface area (Å²) >= 11 is 1.62. The number of thiophene rings is 1. The number of benzene rings is 2. The van der Waals surface area contributed by atoms with Crippen LogP contribution in [0.3, 0.4) is 0 Å². The van der Waals surface area contributed by atoms with E-state index in [0.717, 1.165) is 15.6 Å². The van der Waals surface area contributed by atoms with Gasteiger partial charge in [-0.2, -0.15) is 0 Å². The Morgan fingerprint density at radius 2 is 1.96 bits per heavy atom. The summed E-state index contributed by atoms with van der Waals surface area (Å²) in [6.45, 7) is 0.705. The fourth-order valence-electron chi connectivity index (χ4n) is 3.41. The molecule has 0 radical (unpaired) electrons. The maximum Gasteiger partial charge on any atom is 0.268 e. The highest BCUT2D eigenvalue weighted by molar-refractivity contribution is 7.09. The Labute approximate surface area is 161 Å². The average Bonchev–Trinajstić information content (AvgIpc) is 3.31. The number of carbonyl (C=O) groups excluding carboxylic acids is 2. The van der Waals surface area contributed by atoms with E-state index in [1.165, 1.54) is 4.90 Å². The number of carbonyl (C=O) groups is 2. The van der Waals surface area contributed by atoms with Gasteiger partial charge in [0.05, 0.1) is 0 Å². The van der Waals surface area contributed by atoms with Crippen LogP contribution in [0.15, 0.2) is 60.0 Å². The number of hydrogen-bond acceptors (Lipinski definition) is 4. The van der Waals surface area contributed by atoms with Gasteiger partial charge < -0.3 is 15.3 Å². The molecule has 1 aliphatic heterocycles. The minimum absolute atomic E-state index is 0.0868. The van der Waals surface area contributed by atoms with Crippen LogP contribution in [0.5, 0.6) is 0 Å². The Bertz CT molecular complexity index is 986. The monoisotopic (exact) mass is 380 g/mol. The van der Waals surface area contributed by atoms with Gasteiger partial charge in [-0.25, -0.2) is 0 Å². The number of anilines is 1. The number of aliphatic hydroxyl groups is 1. The first kappa shape index (κ1) is 17.7. The molecule has 2 aromatic carbocycles. The highest BCUT2D eigenvalue weighted by Crippen LogP contribution is 2.30. The van der Waals surface area contributed by atoms with Crippen LogP contribution in [0.1, 0.15) is 11.3 Å². The number of fused-ring (bicyclic) bond motifs is 1. The predicted octanol–water partition coefficient (Wildman–Crippen LogP) is 2.73. The third kappa shape index (κ3) is 3.34. The fraction of sp³-hybridized carbons (Fsp3) is 0.238. The van der Waals surface area contributed by atoms with Gasteiger partial charge in [0.25, 0.3) is 11.8 Å². The van der Waals surface area contributed by atoms with Crippen molar-refractivity contribution in [2.24, 2.45) is 0 Å². The van der Waals surface area contributed by atoms with Gasteiger partial charge in [-0.1, -0.05) is 36.4 Å². The molecule has 0 unspecified atom stereocenters. The average molecular weight is 380 g/mol. The van der Waals surface area contributed by atoms with Crippen LogP contribution in [-0.4, -0.2) is 35.6 Å². The zero-order chi connectivity index (χ0) is 18.9. The molecule has 27 heavy (non-hydrogen) atoms. The lowest BCUT2D eigenvalue weighted by Gasteiger charge is -2.22. The SMILES string of the molecule is O=C(NCCc1cccs1)[C@@]1(O)CCN(c2ccc3ccccc3c2)C1=O. The van der Waals surface area contributed by atoms with Crippen molar-refractivity contribution in [1.29, 1.82) is 0 Å². The highest BCUT2D eigenvalue weighted by atomic mass is 32.1. The molecule has 0 aliphatic carbocycles. The molecular weight excluding hydrogens is 360 g/mol. The van der Waals surface area contributed by atoms with Crippen LogP contribution in [-0.2, 0) is 16.0 Å². The number of nitrogens with zero attached hydrogens (tertiary/aromatic N) is 1. The van der Waals surface area contributed by atoms with E-state index in [-0.39, 0.29) is 6.42 Å². The van der Waals surface area contributed by atoms with E-state index >= 15 is 0 Å². The van der Waals surface area contributed by atoms with Crippen LogP contribution in [0.4, 0.5) is 5.69 Å².